The van der Waals surface area contributed by atoms with Crippen LogP contribution in [0.2, 0.25) is 0 Å². The quantitative estimate of drug-likeness (QED) is 0.507. The standard InChI is InChI=1S/C14H8BrN7O3/c15-10-11(19-20-13(10)22(24)25)14(23)18-12-8(6-16)7-17-21(12)9-4-2-1-3-5-9/h1-5,7H,(H,18,23)(H,19,20). The van der Waals surface area contributed by atoms with E-state index in [4.69, 9.17) is 0 Å². The van der Waals surface area contributed by atoms with Crippen molar-refractivity contribution in [2.75, 3.05) is 5.32 Å². The van der Waals surface area contributed by atoms with Crippen molar-refractivity contribution in [1.82, 2.24) is 20.0 Å². The molecule has 0 atom stereocenters. The van der Waals surface area contributed by atoms with E-state index >= 15 is 0 Å². The van der Waals surface area contributed by atoms with Gasteiger partial charge in [-0.3, -0.25) is 4.79 Å². The molecule has 1 aromatic carbocycles. The number of nitrogens with one attached hydrogen (secondary N) is 2. The molecule has 0 radical (unpaired) electrons. The number of nitro groups is 1. The molecule has 3 aromatic rings. The van der Waals surface area contributed by atoms with Crippen LogP contribution in [-0.4, -0.2) is 30.8 Å². The molecule has 0 fully saturated rings. The summed E-state index contributed by atoms with van der Waals surface area (Å²) in [7, 11) is 0. The summed E-state index contributed by atoms with van der Waals surface area (Å²) < 4.78 is 1.30. The van der Waals surface area contributed by atoms with Gasteiger partial charge in [-0.2, -0.15) is 10.4 Å². The summed E-state index contributed by atoms with van der Waals surface area (Å²) in [6, 6.07) is 10.8. The zero-order valence-corrected chi connectivity index (χ0v) is 13.9. The van der Waals surface area contributed by atoms with Crippen LogP contribution in [0.4, 0.5) is 11.6 Å². The summed E-state index contributed by atoms with van der Waals surface area (Å²) >= 11 is 2.97. The van der Waals surface area contributed by atoms with Gasteiger partial charge in [-0.15, -0.1) is 5.10 Å². The molecular weight excluding hydrogens is 394 g/mol. The average Bonchev–Trinajstić information content (AvgIpc) is 3.19. The number of nitrogens with zero attached hydrogens (tertiary/aromatic N) is 5. The van der Waals surface area contributed by atoms with Gasteiger partial charge in [0, 0.05) is 0 Å². The van der Waals surface area contributed by atoms with Crippen LogP contribution >= 0.6 is 15.9 Å². The molecule has 11 heteroatoms. The van der Waals surface area contributed by atoms with Gasteiger partial charge in [-0.1, -0.05) is 23.3 Å². The van der Waals surface area contributed by atoms with E-state index in [0.29, 0.717) is 5.69 Å². The number of hydrogen-bond donors (Lipinski definition) is 2. The monoisotopic (exact) mass is 401 g/mol. The van der Waals surface area contributed by atoms with Gasteiger partial charge in [0.15, 0.2) is 11.5 Å². The van der Waals surface area contributed by atoms with Crippen molar-refractivity contribution in [3.05, 3.63) is 62.4 Å². The molecule has 2 heterocycles. The number of H-pyrrole nitrogens is 1. The average molecular weight is 402 g/mol. The summed E-state index contributed by atoms with van der Waals surface area (Å²) in [6.07, 6.45) is 1.31. The third kappa shape index (κ3) is 2.98. The Bertz CT molecular complexity index is 1000. The third-order valence-electron chi connectivity index (χ3n) is 3.21. The maximum absolute atomic E-state index is 12.4. The number of carbonyl (C=O) groups excluding carboxylic acids is 1. The molecule has 0 spiro atoms. The van der Waals surface area contributed by atoms with Gasteiger partial charge in [-0.25, -0.2) is 4.68 Å². The van der Waals surface area contributed by atoms with E-state index in [1.165, 1.54) is 10.9 Å². The van der Waals surface area contributed by atoms with Gasteiger partial charge in [0.05, 0.1) is 11.9 Å². The lowest BCUT2D eigenvalue weighted by Crippen LogP contribution is -2.17. The largest absolute Gasteiger partial charge is 0.358 e. The van der Waals surface area contributed by atoms with Crippen LogP contribution in [0.5, 0.6) is 0 Å². The molecule has 25 heavy (non-hydrogen) atoms. The zero-order chi connectivity index (χ0) is 18.0. The number of anilines is 1. The van der Waals surface area contributed by atoms with E-state index in [0.717, 1.165) is 0 Å². The summed E-state index contributed by atoms with van der Waals surface area (Å²) in [6.45, 7) is 0. The number of para-hydroxylation sites is 1. The summed E-state index contributed by atoms with van der Waals surface area (Å²) in [4.78, 5) is 22.5. The predicted octanol–water partition coefficient (Wildman–Crippen LogP) is 2.39. The Morgan fingerprint density at radius 1 is 1.40 bits per heavy atom. The minimum Gasteiger partial charge on any atom is -0.358 e. The molecule has 2 N–H and O–H groups in total. The number of amides is 1. The second kappa shape index (κ2) is 6.54. The van der Waals surface area contributed by atoms with Crippen LogP contribution in [0, 0.1) is 21.4 Å². The molecule has 0 bridgehead atoms. The van der Waals surface area contributed by atoms with Crippen molar-refractivity contribution in [3.8, 4) is 11.8 Å². The van der Waals surface area contributed by atoms with E-state index in [1.54, 1.807) is 24.3 Å². The molecule has 0 aliphatic heterocycles. The predicted molar refractivity (Wildman–Crippen MR) is 89.2 cm³/mol. The molecule has 0 saturated heterocycles. The number of benzene rings is 1. The Labute approximate surface area is 148 Å². The smallest absolute Gasteiger partial charge is 0.357 e. The summed E-state index contributed by atoms with van der Waals surface area (Å²) in [5, 5.41) is 32.5. The van der Waals surface area contributed by atoms with Crippen LogP contribution < -0.4 is 5.32 Å². The molecule has 0 saturated carbocycles. The molecule has 1 amide bonds. The van der Waals surface area contributed by atoms with Crippen molar-refractivity contribution in [1.29, 1.82) is 5.26 Å². The number of aromatic nitrogens is 4. The highest BCUT2D eigenvalue weighted by molar-refractivity contribution is 9.10. The fraction of sp³-hybridized carbons (Fsp3) is 0. The van der Waals surface area contributed by atoms with Crippen LogP contribution in [0.3, 0.4) is 0 Å². The maximum Gasteiger partial charge on any atom is 0.357 e. The van der Waals surface area contributed by atoms with Gasteiger partial charge in [0.2, 0.25) is 0 Å². The number of aromatic amines is 1. The van der Waals surface area contributed by atoms with Crippen LogP contribution in [0.15, 0.2) is 41.0 Å². The van der Waals surface area contributed by atoms with E-state index in [1.807, 2.05) is 12.1 Å². The number of hydrogen-bond acceptors (Lipinski definition) is 6. The van der Waals surface area contributed by atoms with Crippen molar-refractivity contribution in [3.63, 3.8) is 0 Å². The van der Waals surface area contributed by atoms with Crippen molar-refractivity contribution >= 4 is 33.5 Å². The number of rotatable bonds is 4. The van der Waals surface area contributed by atoms with Gasteiger partial charge in [-0.05, 0) is 33.0 Å². The van der Waals surface area contributed by atoms with Crippen LogP contribution in [-0.2, 0) is 0 Å². The van der Waals surface area contributed by atoms with E-state index in [2.05, 4.69) is 36.5 Å². The lowest BCUT2D eigenvalue weighted by Gasteiger charge is -2.08. The normalized spacial score (nSPS) is 10.2. The zero-order valence-electron chi connectivity index (χ0n) is 12.3. The van der Waals surface area contributed by atoms with Crippen molar-refractivity contribution in [2.45, 2.75) is 0 Å². The first-order valence-corrected chi connectivity index (χ1v) is 7.55. The second-order valence-electron chi connectivity index (χ2n) is 4.71. The fourth-order valence-electron chi connectivity index (χ4n) is 2.07. The minimum absolute atomic E-state index is 0.0840. The molecule has 2 aromatic heterocycles. The SMILES string of the molecule is N#Cc1cnn(-c2ccccc2)c1NC(=O)c1n[nH]c([N+](=O)[O-])c1Br. The third-order valence-corrected chi connectivity index (χ3v) is 3.96. The summed E-state index contributed by atoms with van der Waals surface area (Å²) in [5.74, 6) is -1.04. The minimum atomic E-state index is -0.731. The summed E-state index contributed by atoms with van der Waals surface area (Å²) in [5.41, 5.74) is 0.557. The Morgan fingerprint density at radius 3 is 2.72 bits per heavy atom. The fourth-order valence-corrected chi connectivity index (χ4v) is 2.57. The first-order chi connectivity index (χ1) is 12.0. The van der Waals surface area contributed by atoms with Crippen LogP contribution in [0.25, 0.3) is 5.69 Å². The van der Waals surface area contributed by atoms with Gasteiger partial charge in [0.1, 0.15) is 16.1 Å². The number of carbonyl (C=O) groups is 1. The molecule has 3 rings (SSSR count). The van der Waals surface area contributed by atoms with E-state index in [-0.39, 0.29) is 21.5 Å². The van der Waals surface area contributed by atoms with E-state index < -0.39 is 16.6 Å². The van der Waals surface area contributed by atoms with Crippen molar-refractivity contribution < 1.29 is 9.72 Å². The molecule has 124 valence electrons. The van der Waals surface area contributed by atoms with Gasteiger partial charge in [0.25, 0.3) is 5.91 Å². The lowest BCUT2D eigenvalue weighted by atomic mass is 10.3. The first-order valence-electron chi connectivity index (χ1n) is 6.76. The molecular formula is C14H8BrN7O3. The number of nitriles is 1. The van der Waals surface area contributed by atoms with Crippen molar-refractivity contribution in [2.24, 2.45) is 0 Å². The highest BCUT2D eigenvalue weighted by atomic mass is 79.9. The lowest BCUT2D eigenvalue weighted by molar-refractivity contribution is -0.390. The topological polar surface area (TPSA) is 143 Å². The highest BCUT2D eigenvalue weighted by Gasteiger charge is 2.26. The Hall–Kier alpha value is -3.52. The molecule has 10 nitrogen and oxygen atoms in total. The Kier molecular flexibility index (Phi) is 4.27. The molecule has 0 aliphatic carbocycles. The van der Waals surface area contributed by atoms with Gasteiger partial charge < -0.3 is 15.4 Å². The highest BCUT2D eigenvalue weighted by Crippen LogP contribution is 2.27. The second-order valence-corrected chi connectivity index (χ2v) is 5.51. The maximum atomic E-state index is 12.4. The Balaban J connectivity index is 1.98. The molecule has 0 aliphatic rings. The molecule has 0 unspecified atom stereocenters. The van der Waals surface area contributed by atoms with Crippen LogP contribution in [0.1, 0.15) is 16.1 Å². The Morgan fingerprint density at radius 2 is 2.12 bits per heavy atom. The first kappa shape index (κ1) is 16.3. The number of halogens is 1. The van der Waals surface area contributed by atoms with E-state index in [9.17, 15) is 20.2 Å². The van der Waals surface area contributed by atoms with Gasteiger partial charge >= 0.3 is 5.82 Å².